The molecule has 0 aliphatic heterocycles. The van der Waals surface area contributed by atoms with Gasteiger partial charge in [0.15, 0.2) is 0 Å². The molecule has 0 radical (unpaired) electrons. The zero-order valence-electron chi connectivity index (χ0n) is 8.27. The van der Waals surface area contributed by atoms with E-state index < -0.39 is 0 Å². The molecule has 1 aromatic rings. The first kappa shape index (κ1) is 10.5. The highest BCUT2D eigenvalue weighted by Crippen LogP contribution is 2.60. The first-order chi connectivity index (χ1) is 6.37. The monoisotopic (exact) mass is 273 g/mol. The number of hydrogen-bond acceptors (Lipinski definition) is 1. The van der Waals surface area contributed by atoms with Crippen molar-refractivity contribution in [3.8, 4) is 0 Å². The van der Waals surface area contributed by atoms with Crippen LogP contribution in [0.1, 0.15) is 25.8 Å². The molecule has 1 atom stereocenters. The highest BCUT2D eigenvalue weighted by molar-refractivity contribution is 9.10. The predicted octanol–water partition coefficient (Wildman–Crippen LogP) is 3.69. The van der Waals surface area contributed by atoms with Gasteiger partial charge in [0.1, 0.15) is 0 Å². The fraction of sp³-hybridized carbons (Fsp3) is 0.455. The second-order valence-electron chi connectivity index (χ2n) is 4.66. The molecule has 3 heteroatoms. The molecule has 1 aromatic carbocycles. The zero-order valence-corrected chi connectivity index (χ0v) is 10.6. The van der Waals surface area contributed by atoms with Crippen molar-refractivity contribution in [2.75, 3.05) is 0 Å². The van der Waals surface area contributed by atoms with Gasteiger partial charge in [-0.25, -0.2) is 0 Å². The maximum Gasteiger partial charge on any atom is 0.0548 e. The lowest BCUT2D eigenvalue weighted by atomic mass is 9.97. The van der Waals surface area contributed by atoms with Crippen molar-refractivity contribution in [2.24, 2.45) is 11.1 Å². The molecule has 0 heterocycles. The van der Waals surface area contributed by atoms with Gasteiger partial charge < -0.3 is 5.73 Å². The molecule has 2 rings (SSSR count). The van der Waals surface area contributed by atoms with Gasteiger partial charge >= 0.3 is 0 Å². The molecule has 0 bridgehead atoms. The van der Waals surface area contributed by atoms with Crippen LogP contribution in [0.2, 0.25) is 5.02 Å². The van der Waals surface area contributed by atoms with Gasteiger partial charge in [0, 0.05) is 10.0 Å². The molecular formula is C11H13BrClN. The van der Waals surface area contributed by atoms with E-state index >= 15 is 0 Å². The minimum atomic E-state index is -0.167. The Morgan fingerprint density at radius 3 is 2.43 bits per heavy atom. The summed E-state index contributed by atoms with van der Waals surface area (Å²) in [6, 6.07) is 5.93. The third-order valence-corrected chi connectivity index (χ3v) is 4.45. The summed E-state index contributed by atoms with van der Waals surface area (Å²) in [5.74, 6) is 0. The molecule has 1 aliphatic carbocycles. The number of hydrogen-bond donors (Lipinski definition) is 1. The van der Waals surface area contributed by atoms with E-state index in [9.17, 15) is 0 Å². The molecule has 0 saturated heterocycles. The summed E-state index contributed by atoms with van der Waals surface area (Å²) >= 11 is 9.35. The molecule has 1 fully saturated rings. The molecule has 2 N–H and O–H groups in total. The zero-order chi connectivity index (χ0) is 10.6. The minimum Gasteiger partial charge on any atom is -0.321 e. The van der Waals surface area contributed by atoms with Crippen LogP contribution in [0.25, 0.3) is 0 Å². The summed E-state index contributed by atoms with van der Waals surface area (Å²) in [4.78, 5) is 0. The van der Waals surface area contributed by atoms with E-state index in [1.807, 2.05) is 18.2 Å². The van der Waals surface area contributed by atoms with Crippen molar-refractivity contribution in [1.82, 2.24) is 0 Å². The van der Waals surface area contributed by atoms with Crippen LogP contribution in [0, 0.1) is 5.41 Å². The number of nitrogens with two attached hydrogens (primary N) is 1. The lowest BCUT2D eigenvalue weighted by Crippen LogP contribution is -2.25. The first-order valence-corrected chi connectivity index (χ1v) is 5.78. The molecule has 1 nitrogen and oxygen atoms in total. The summed E-state index contributed by atoms with van der Waals surface area (Å²) in [7, 11) is 0. The molecule has 0 aromatic heterocycles. The van der Waals surface area contributed by atoms with E-state index in [1.54, 1.807) is 0 Å². The van der Waals surface area contributed by atoms with E-state index in [4.69, 9.17) is 17.3 Å². The van der Waals surface area contributed by atoms with Gasteiger partial charge in [-0.2, -0.15) is 0 Å². The molecule has 0 amide bonds. The van der Waals surface area contributed by atoms with Gasteiger partial charge in [0.2, 0.25) is 0 Å². The topological polar surface area (TPSA) is 26.0 Å². The normalized spacial score (nSPS) is 28.9. The van der Waals surface area contributed by atoms with Crippen molar-refractivity contribution in [2.45, 2.75) is 25.8 Å². The van der Waals surface area contributed by atoms with Crippen molar-refractivity contribution in [3.63, 3.8) is 0 Å². The molecule has 1 saturated carbocycles. The van der Waals surface area contributed by atoms with Crippen LogP contribution in [0.3, 0.4) is 0 Å². The van der Waals surface area contributed by atoms with Crippen molar-refractivity contribution < 1.29 is 0 Å². The second kappa shape index (κ2) is 2.97. The van der Waals surface area contributed by atoms with Crippen molar-refractivity contribution in [1.29, 1.82) is 0 Å². The Morgan fingerprint density at radius 2 is 2.00 bits per heavy atom. The van der Waals surface area contributed by atoms with Crippen LogP contribution in [0.15, 0.2) is 22.7 Å². The van der Waals surface area contributed by atoms with Crippen LogP contribution in [0.4, 0.5) is 0 Å². The Balaban J connectivity index is 2.40. The smallest absolute Gasteiger partial charge is 0.0548 e. The second-order valence-corrected chi connectivity index (χ2v) is 5.92. The first-order valence-electron chi connectivity index (χ1n) is 4.61. The SMILES string of the molecule is CC1(C)CC1(N)c1ccc(Cl)c(Br)c1. The van der Waals surface area contributed by atoms with E-state index in [-0.39, 0.29) is 11.0 Å². The molecule has 1 unspecified atom stereocenters. The van der Waals surface area contributed by atoms with Crippen LogP contribution in [-0.4, -0.2) is 0 Å². The van der Waals surface area contributed by atoms with Gasteiger partial charge in [-0.1, -0.05) is 31.5 Å². The van der Waals surface area contributed by atoms with E-state index in [2.05, 4.69) is 29.8 Å². The minimum absolute atomic E-state index is 0.167. The summed E-state index contributed by atoms with van der Waals surface area (Å²) in [6.07, 6.45) is 1.04. The van der Waals surface area contributed by atoms with Crippen molar-refractivity contribution in [3.05, 3.63) is 33.3 Å². The van der Waals surface area contributed by atoms with Gasteiger partial charge in [-0.15, -0.1) is 0 Å². The van der Waals surface area contributed by atoms with Gasteiger partial charge in [-0.3, -0.25) is 0 Å². The lowest BCUT2D eigenvalue weighted by molar-refractivity contribution is 0.510. The summed E-state index contributed by atoms with van der Waals surface area (Å²) < 4.78 is 0.921. The number of rotatable bonds is 1. The molecule has 1 aliphatic rings. The average Bonchev–Trinajstić information content (AvgIpc) is 2.58. The standard InChI is InChI=1S/C11H13BrClN/c1-10(2)6-11(10,14)7-3-4-9(13)8(12)5-7/h3-5H,6,14H2,1-2H3. The fourth-order valence-electron chi connectivity index (χ4n) is 1.92. The lowest BCUT2D eigenvalue weighted by Gasteiger charge is -2.16. The summed E-state index contributed by atoms with van der Waals surface area (Å²) in [6.45, 7) is 4.38. The maximum absolute atomic E-state index is 6.30. The average molecular weight is 275 g/mol. The van der Waals surface area contributed by atoms with Gasteiger partial charge in [0.25, 0.3) is 0 Å². The molecule has 14 heavy (non-hydrogen) atoms. The van der Waals surface area contributed by atoms with Crippen LogP contribution in [-0.2, 0) is 5.54 Å². The number of benzene rings is 1. The Hall–Kier alpha value is -0.0500. The third kappa shape index (κ3) is 1.40. The molecule has 0 spiro atoms. The highest BCUT2D eigenvalue weighted by atomic mass is 79.9. The van der Waals surface area contributed by atoms with Crippen LogP contribution >= 0.6 is 27.5 Å². The van der Waals surface area contributed by atoms with Crippen LogP contribution < -0.4 is 5.73 Å². The predicted molar refractivity (Wildman–Crippen MR) is 63.4 cm³/mol. The van der Waals surface area contributed by atoms with E-state index in [0.717, 1.165) is 15.9 Å². The Kier molecular flexibility index (Phi) is 2.22. The highest BCUT2D eigenvalue weighted by Gasteiger charge is 2.59. The summed E-state index contributed by atoms with van der Waals surface area (Å²) in [5, 5.41) is 0.732. The maximum atomic E-state index is 6.30. The Labute approximate surface area is 97.8 Å². The Bertz CT molecular complexity index is 389. The van der Waals surface area contributed by atoms with Gasteiger partial charge in [0.05, 0.1) is 5.02 Å². The van der Waals surface area contributed by atoms with Gasteiger partial charge in [-0.05, 0) is 45.5 Å². The molecular weight excluding hydrogens is 261 g/mol. The quantitative estimate of drug-likeness (QED) is 0.830. The number of halogens is 2. The van der Waals surface area contributed by atoms with E-state index in [1.165, 1.54) is 5.56 Å². The van der Waals surface area contributed by atoms with E-state index in [0.29, 0.717) is 0 Å². The summed E-state index contributed by atoms with van der Waals surface area (Å²) in [5.41, 5.74) is 7.51. The van der Waals surface area contributed by atoms with Crippen LogP contribution in [0.5, 0.6) is 0 Å². The van der Waals surface area contributed by atoms with Crippen molar-refractivity contribution >= 4 is 27.5 Å². The third-order valence-electron chi connectivity index (χ3n) is 3.24. The fourth-order valence-corrected chi connectivity index (χ4v) is 2.42. The largest absolute Gasteiger partial charge is 0.321 e. The Morgan fingerprint density at radius 1 is 1.43 bits per heavy atom. The molecule has 76 valence electrons.